The lowest BCUT2D eigenvalue weighted by atomic mass is 10.1. The lowest BCUT2D eigenvalue weighted by Crippen LogP contribution is -2.17. The summed E-state index contributed by atoms with van der Waals surface area (Å²) < 4.78 is 1.38. The van der Waals surface area contributed by atoms with E-state index in [1.54, 1.807) is 12.1 Å². The monoisotopic (exact) mass is 387 g/mol. The number of anilines is 1. The van der Waals surface area contributed by atoms with E-state index in [4.69, 9.17) is 17.4 Å². The van der Waals surface area contributed by atoms with Gasteiger partial charge in [0.05, 0.1) is 5.75 Å². The molecule has 8 heteroatoms. The molecule has 0 aliphatic carbocycles. The van der Waals surface area contributed by atoms with Gasteiger partial charge < -0.3 is 11.2 Å². The number of amides is 1. The van der Waals surface area contributed by atoms with Crippen LogP contribution in [0.3, 0.4) is 0 Å². The summed E-state index contributed by atoms with van der Waals surface area (Å²) in [4.78, 5) is 12.2. The molecule has 0 aliphatic heterocycles. The summed E-state index contributed by atoms with van der Waals surface area (Å²) in [6.07, 6.45) is 0.852. The minimum Gasteiger partial charge on any atom is -0.335 e. The zero-order chi connectivity index (χ0) is 18.5. The molecule has 0 radical (unpaired) electrons. The molecule has 26 heavy (non-hydrogen) atoms. The first-order valence-electron chi connectivity index (χ1n) is 8.05. The maximum absolute atomic E-state index is 12.2. The topological polar surface area (TPSA) is 85.8 Å². The van der Waals surface area contributed by atoms with Crippen molar-refractivity contribution in [2.75, 3.05) is 16.9 Å². The van der Waals surface area contributed by atoms with Crippen molar-refractivity contribution in [2.24, 2.45) is 0 Å². The van der Waals surface area contributed by atoms with E-state index in [2.05, 4.69) is 22.4 Å². The second-order valence-electron chi connectivity index (χ2n) is 5.53. The van der Waals surface area contributed by atoms with Gasteiger partial charge in [-0.2, -0.15) is 0 Å². The molecule has 0 spiro atoms. The highest BCUT2D eigenvalue weighted by molar-refractivity contribution is 7.99. The number of hydrogen-bond acceptors (Lipinski definition) is 5. The Hall–Kier alpha value is -2.51. The van der Waals surface area contributed by atoms with Crippen molar-refractivity contribution in [1.29, 1.82) is 0 Å². The molecular formula is C18H18ClN5OS. The third kappa shape index (κ3) is 4.17. The summed E-state index contributed by atoms with van der Waals surface area (Å²) in [6, 6.07) is 14.9. The summed E-state index contributed by atoms with van der Waals surface area (Å²) in [7, 11) is 0. The Morgan fingerprint density at radius 3 is 2.65 bits per heavy atom. The van der Waals surface area contributed by atoms with Gasteiger partial charge in [-0.15, -0.1) is 10.2 Å². The van der Waals surface area contributed by atoms with Crippen LogP contribution in [-0.4, -0.2) is 26.5 Å². The van der Waals surface area contributed by atoms with Crippen LogP contribution in [0, 0.1) is 0 Å². The van der Waals surface area contributed by atoms with Crippen LogP contribution in [-0.2, 0) is 11.2 Å². The molecule has 0 saturated carbocycles. The molecule has 3 aromatic rings. The van der Waals surface area contributed by atoms with Crippen LogP contribution in [0.1, 0.15) is 12.5 Å². The lowest BCUT2D eigenvalue weighted by Gasteiger charge is -2.09. The number of benzene rings is 2. The molecule has 1 aromatic heterocycles. The normalized spacial score (nSPS) is 10.7. The van der Waals surface area contributed by atoms with E-state index >= 15 is 0 Å². The fourth-order valence-electron chi connectivity index (χ4n) is 2.44. The van der Waals surface area contributed by atoms with Crippen LogP contribution in [0.25, 0.3) is 11.4 Å². The van der Waals surface area contributed by atoms with E-state index in [1.807, 2.05) is 36.4 Å². The summed E-state index contributed by atoms with van der Waals surface area (Å²) in [5.74, 6) is 6.65. The zero-order valence-electron chi connectivity index (χ0n) is 14.1. The summed E-state index contributed by atoms with van der Waals surface area (Å²) in [6.45, 7) is 2.05. The van der Waals surface area contributed by atoms with Crippen LogP contribution in [0.2, 0.25) is 5.02 Å². The minimum atomic E-state index is -0.119. The maximum atomic E-state index is 12.2. The number of para-hydroxylation sites is 1. The average molecular weight is 388 g/mol. The molecule has 0 aliphatic rings. The Labute approximate surface area is 160 Å². The van der Waals surface area contributed by atoms with Gasteiger partial charge in [0.1, 0.15) is 0 Å². The van der Waals surface area contributed by atoms with Gasteiger partial charge in [0, 0.05) is 16.3 Å². The number of nitrogen functional groups attached to an aromatic ring is 1. The van der Waals surface area contributed by atoms with Crippen LogP contribution in [0.4, 0.5) is 5.69 Å². The van der Waals surface area contributed by atoms with Gasteiger partial charge >= 0.3 is 0 Å². The molecule has 3 N–H and O–H groups in total. The first-order valence-corrected chi connectivity index (χ1v) is 9.42. The Bertz CT molecular complexity index is 910. The molecule has 0 bridgehead atoms. The van der Waals surface area contributed by atoms with Crippen LogP contribution < -0.4 is 11.2 Å². The quantitative estimate of drug-likeness (QED) is 0.498. The molecule has 0 fully saturated rings. The SMILES string of the molecule is CCc1ccccc1NC(=O)CSc1nnc(-c2ccc(Cl)cc2)n1N. The van der Waals surface area contributed by atoms with Crippen molar-refractivity contribution in [1.82, 2.24) is 14.9 Å². The number of rotatable bonds is 6. The number of nitrogens with two attached hydrogens (primary N) is 1. The Balaban J connectivity index is 1.65. The highest BCUT2D eigenvalue weighted by Gasteiger charge is 2.14. The standard InChI is InChI=1S/C18H18ClN5OS/c1-2-12-5-3-4-6-15(12)21-16(25)11-26-18-23-22-17(24(18)20)13-7-9-14(19)10-8-13/h3-10H,2,11,20H2,1H3,(H,21,25). The number of carbonyl (C=O) groups is 1. The molecule has 6 nitrogen and oxygen atoms in total. The van der Waals surface area contributed by atoms with Crippen molar-refractivity contribution >= 4 is 35.0 Å². The van der Waals surface area contributed by atoms with E-state index in [-0.39, 0.29) is 11.7 Å². The van der Waals surface area contributed by atoms with Crippen LogP contribution in [0.5, 0.6) is 0 Å². The number of nitrogens with one attached hydrogen (secondary N) is 1. The second kappa shape index (κ2) is 8.25. The van der Waals surface area contributed by atoms with Crippen molar-refractivity contribution in [3.05, 3.63) is 59.1 Å². The number of carbonyl (C=O) groups excluding carboxylic acids is 1. The fraction of sp³-hybridized carbons (Fsp3) is 0.167. The molecule has 0 saturated heterocycles. The third-order valence-electron chi connectivity index (χ3n) is 3.77. The summed E-state index contributed by atoms with van der Waals surface area (Å²) in [5, 5.41) is 12.2. The van der Waals surface area contributed by atoms with Gasteiger partial charge in [-0.25, -0.2) is 4.68 Å². The van der Waals surface area contributed by atoms with Gasteiger partial charge in [0.15, 0.2) is 5.82 Å². The van der Waals surface area contributed by atoms with Gasteiger partial charge in [-0.3, -0.25) is 4.79 Å². The Morgan fingerprint density at radius 2 is 1.92 bits per heavy atom. The van der Waals surface area contributed by atoms with Crippen molar-refractivity contribution in [3.63, 3.8) is 0 Å². The molecule has 134 valence electrons. The van der Waals surface area contributed by atoms with Gasteiger partial charge in [0.2, 0.25) is 11.1 Å². The lowest BCUT2D eigenvalue weighted by molar-refractivity contribution is -0.113. The smallest absolute Gasteiger partial charge is 0.234 e. The van der Waals surface area contributed by atoms with Gasteiger partial charge in [0.25, 0.3) is 0 Å². The predicted molar refractivity (Wildman–Crippen MR) is 106 cm³/mol. The number of halogens is 1. The average Bonchev–Trinajstić information content (AvgIpc) is 3.02. The van der Waals surface area contributed by atoms with E-state index in [9.17, 15) is 4.79 Å². The third-order valence-corrected chi connectivity index (χ3v) is 4.97. The molecule has 0 unspecified atom stereocenters. The van der Waals surface area contributed by atoms with E-state index in [0.717, 1.165) is 23.2 Å². The molecule has 0 atom stereocenters. The first-order chi connectivity index (χ1) is 12.6. The molecule has 2 aromatic carbocycles. The Kier molecular flexibility index (Phi) is 5.80. The number of nitrogens with zero attached hydrogens (tertiary/aromatic N) is 3. The van der Waals surface area contributed by atoms with E-state index < -0.39 is 0 Å². The largest absolute Gasteiger partial charge is 0.335 e. The van der Waals surface area contributed by atoms with E-state index in [1.165, 1.54) is 16.4 Å². The fourth-order valence-corrected chi connectivity index (χ4v) is 3.22. The first kappa shape index (κ1) is 18.3. The van der Waals surface area contributed by atoms with Crippen molar-refractivity contribution in [2.45, 2.75) is 18.5 Å². The highest BCUT2D eigenvalue weighted by atomic mass is 35.5. The zero-order valence-corrected chi connectivity index (χ0v) is 15.7. The van der Waals surface area contributed by atoms with Gasteiger partial charge in [-0.05, 0) is 42.3 Å². The number of aromatic nitrogens is 3. The summed E-state index contributed by atoms with van der Waals surface area (Å²) >= 11 is 7.13. The molecular weight excluding hydrogens is 370 g/mol. The Morgan fingerprint density at radius 1 is 1.19 bits per heavy atom. The minimum absolute atomic E-state index is 0.119. The molecule has 3 rings (SSSR count). The second-order valence-corrected chi connectivity index (χ2v) is 6.91. The number of thioether (sulfide) groups is 1. The number of aryl methyl sites for hydroxylation is 1. The van der Waals surface area contributed by atoms with Crippen LogP contribution in [0.15, 0.2) is 53.7 Å². The molecule has 1 heterocycles. The predicted octanol–water partition coefficient (Wildman–Crippen LogP) is 3.61. The van der Waals surface area contributed by atoms with Crippen molar-refractivity contribution in [3.8, 4) is 11.4 Å². The highest BCUT2D eigenvalue weighted by Crippen LogP contribution is 2.23. The van der Waals surface area contributed by atoms with E-state index in [0.29, 0.717) is 16.0 Å². The molecule has 1 amide bonds. The van der Waals surface area contributed by atoms with Crippen molar-refractivity contribution < 1.29 is 4.79 Å². The van der Waals surface area contributed by atoms with Crippen LogP contribution >= 0.6 is 23.4 Å². The summed E-state index contributed by atoms with van der Waals surface area (Å²) in [5.41, 5.74) is 2.73. The number of hydrogen-bond donors (Lipinski definition) is 2. The van der Waals surface area contributed by atoms with Gasteiger partial charge in [-0.1, -0.05) is 48.5 Å². The maximum Gasteiger partial charge on any atom is 0.234 e.